The lowest BCUT2D eigenvalue weighted by atomic mass is 10.1. The largest absolute Gasteiger partial charge is 0.395 e. The average Bonchev–Trinajstić information content (AvgIpc) is 2.64. The molecule has 29 heavy (non-hydrogen) atoms. The van der Waals surface area contributed by atoms with E-state index in [0.29, 0.717) is 19.7 Å². The van der Waals surface area contributed by atoms with Crippen molar-refractivity contribution in [3.05, 3.63) is 0 Å². The Kier molecular flexibility index (Phi) is 25.6. The maximum absolute atomic E-state index is 8.92. The third-order valence-electron chi connectivity index (χ3n) is 4.53. The predicted molar refractivity (Wildman–Crippen MR) is 117 cm³/mol. The Morgan fingerprint density at radius 1 is 0.655 bits per heavy atom. The maximum Gasteiger partial charge on any atom is 0.394 e. The van der Waals surface area contributed by atoms with E-state index >= 15 is 0 Å². The van der Waals surface area contributed by atoms with Crippen LogP contribution in [0.2, 0.25) is 0 Å². The summed E-state index contributed by atoms with van der Waals surface area (Å²) in [6.07, 6.45) is 16.4. The molecular weight excluding hydrogens is 398 g/mol. The molecule has 0 aliphatic rings. The van der Waals surface area contributed by atoms with Gasteiger partial charge in [-0.25, -0.2) is 0 Å². The number of rotatable bonds is 20. The molecule has 4 N–H and O–H groups in total. The maximum atomic E-state index is 8.92. The summed E-state index contributed by atoms with van der Waals surface area (Å²) in [5.74, 6) is 0. The summed E-state index contributed by atoms with van der Waals surface area (Å²) in [5.41, 5.74) is 0. The number of hydrogen-bond donors (Lipinski definition) is 4. The molecule has 0 aromatic heterocycles. The molecule has 0 saturated heterocycles. The smallest absolute Gasteiger partial charge is 0.394 e. The van der Waals surface area contributed by atoms with E-state index in [9.17, 15) is 0 Å². The van der Waals surface area contributed by atoms with E-state index in [0.717, 1.165) is 19.6 Å². The van der Waals surface area contributed by atoms with Crippen molar-refractivity contribution in [1.29, 1.82) is 0 Å². The standard InChI is InChI=1S/C20H43NO3.H2O4S/c1-2-3-4-5-6-7-8-9-10-11-12-13-19-24-20-16-21(14-17-22)15-18-23;1-5(2,3)4/h22-23H,2-20H2,1H3;(H2,1,2,3,4). The quantitative estimate of drug-likeness (QED) is 0.167. The van der Waals surface area contributed by atoms with Crippen molar-refractivity contribution in [2.45, 2.75) is 84.0 Å². The van der Waals surface area contributed by atoms with E-state index in [1.807, 2.05) is 4.90 Å². The highest BCUT2D eigenvalue weighted by Crippen LogP contribution is 2.11. The van der Waals surface area contributed by atoms with Crippen molar-refractivity contribution in [3.8, 4) is 0 Å². The van der Waals surface area contributed by atoms with Gasteiger partial charge in [0.1, 0.15) is 0 Å². The van der Waals surface area contributed by atoms with Crippen molar-refractivity contribution < 1.29 is 32.5 Å². The molecule has 8 nitrogen and oxygen atoms in total. The fourth-order valence-electron chi connectivity index (χ4n) is 2.96. The van der Waals surface area contributed by atoms with Gasteiger partial charge in [0.25, 0.3) is 0 Å². The fourth-order valence-corrected chi connectivity index (χ4v) is 2.96. The predicted octanol–water partition coefficient (Wildman–Crippen LogP) is 3.34. The average molecular weight is 444 g/mol. The topological polar surface area (TPSA) is 128 Å². The van der Waals surface area contributed by atoms with Crippen LogP contribution in [0.5, 0.6) is 0 Å². The van der Waals surface area contributed by atoms with Crippen molar-refractivity contribution >= 4 is 10.4 Å². The minimum absolute atomic E-state index is 0.138. The lowest BCUT2D eigenvalue weighted by Gasteiger charge is -2.19. The lowest BCUT2D eigenvalue weighted by Crippen LogP contribution is -2.33. The van der Waals surface area contributed by atoms with E-state index in [4.69, 9.17) is 32.5 Å². The number of aliphatic hydroxyl groups excluding tert-OH is 2. The first-order chi connectivity index (χ1) is 13.8. The SMILES string of the molecule is CCCCCCCCCCCCCCOCCN(CCO)CCO.O=S(=O)(O)O. The molecule has 0 fully saturated rings. The van der Waals surface area contributed by atoms with Gasteiger partial charge in [-0.05, 0) is 6.42 Å². The van der Waals surface area contributed by atoms with Gasteiger partial charge in [0.15, 0.2) is 0 Å². The normalized spacial score (nSPS) is 11.5. The van der Waals surface area contributed by atoms with Crippen molar-refractivity contribution in [3.63, 3.8) is 0 Å². The van der Waals surface area contributed by atoms with Crippen LogP contribution in [0, 0.1) is 0 Å². The molecule has 0 heterocycles. The van der Waals surface area contributed by atoms with Crippen LogP contribution in [0.25, 0.3) is 0 Å². The molecule has 0 aromatic rings. The Morgan fingerprint density at radius 3 is 1.41 bits per heavy atom. The van der Waals surface area contributed by atoms with Gasteiger partial charge >= 0.3 is 10.4 Å². The molecule has 0 aromatic carbocycles. The number of unbranched alkanes of at least 4 members (excludes halogenated alkanes) is 11. The zero-order chi connectivity index (χ0) is 22.2. The van der Waals surface area contributed by atoms with Crippen LogP contribution in [0.4, 0.5) is 0 Å². The van der Waals surface area contributed by atoms with Crippen LogP contribution >= 0.6 is 0 Å². The monoisotopic (exact) mass is 443 g/mol. The number of aliphatic hydroxyl groups is 2. The van der Waals surface area contributed by atoms with Gasteiger partial charge in [-0.3, -0.25) is 14.0 Å². The van der Waals surface area contributed by atoms with Gasteiger partial charge in [-0.1, -0.05) is 77.6 Å². The number of hydrogen-bond acceptors (Lipinski definition) is 6. The molecule has 0 saturated carbocycles. The first-order valence-electron chi connectivity index (χ1n) is 11.1. The Morgan fingerprint density at radius 2 is 1.03 bits per heavy atom. The van der Waals surface area contributed by atoms with Crippen molar-refractivity contribution in [2.75, 3.05) is 46.1 Å². The van der Waals surface area contributed by atoms with Gasteiger partial charge in [0.05, 0.1) is 19.8 Å². The zero-order valence-corrected chi connectivity index (χ0v) is 19.1. The molecule has 0 amide bonds. The number of nitrogens with zero attached hydrogens (tertiary/aromatic N) is 1. The Hall–Kier alpha value is -0.290. The molecule has 0 spiro atoms. The fraction of sp³-hybridized carbons (Fsp3) is 1.00. The van der Waals surface area contributed by atoms with E-state index < -0.39 is 10.4 Å². The van der Waals surface area contributed by atoms with E-state index in [2.05, 4.69) is 6.92 Å². The summed E-state index contributed by atoms with van der Waals surface area (Å²) >= 11 is 0. The van der Waals surface area contributed by atoms with Gasteiger partial charge < -0.3 is 14.9 Å². The summed E-state index contributed by atoms with van der Waals surface area (Å²) < 4.78 is 37.2. The summed E-state index contributed by atoms with van der Waals surface area (Å²) in [6, 6.07) is 0. The van der Waals surface area contributed by atoms with Crippen LogP contribution in [-0.2, 0) is 15.1 Å². The Bertz CT molecular complexity index is 394. The molecule has 0 aliphatic heterocycles. The highest BCUT2D eigenvalue weighted by molar-refractivity contribution is 7.79. The van der Waals surface area contributed by atoms with Crippen LogP contribution in [0.3, 0.4) is 0 Å². The lowest BCUT2D eigenvalue weighted by molar-refractivity contribution is 0.0849. The molecule has 0 bridgehead atoms. The minimum Gasteiger partial charge on any atom is -0.395 e. The van der Waals surface area contributed by atoms with Crippen molar-refractivity contribution in [1.82, 2.24) is 4.90 Å². The molecule has 0 atom stereocenters. The molecule has 0 rings (SSSR count). The van der Waals surface area contributed by atoms with Gasteiger partial charge in [0.2, 0.25) is 0 Å². The molecule has 0 radical (unpaired) electrons. The Labute approximate surface area is 178 Å². The molecule has 178 valence electrons. The van der Waals surface area contributed by atoms with Gasteiger partial charge in [-0.15, -0.1) is 0 Å². The Balaban J connectivity index is 0. The summed E-state index contributed by atoms with van der Waals surface area (Å²) in [5, 5.41) is 17.8. The molecule has 0 aliphatic carbocycles. The third-order valence-corrected chi connectivity index (χ3v) is 4.53. The minimum atomic E-state index is -4.67. The second kappa shape index (κ2) is 24.0. The summed E-state index contributed by atoms with van der Waals surface area (Å²) in [6.45, 7) is 6.10. The van der Waals surface area contributed by atoms with E-state index in [-0.39, 0.29) is 13.2 Å². The van der Waals surface area contributed by atoms with E-state index in [1.165, 1.54) is 70.6 Å². The van der Waals surface area contributed by atoms with Crippen LogP contribution < -0.4 is 0 Å². The summed E-state index contributed by atoms with van der Waals surface area (Å²) in [4.78, 5) is 2.03. The molecule has 9 heteroatoms. The first-order valence-corrected chi connectivity index (χ1v) is 12.5. The van der Waals surface area contributed by atoms with Gasteiger partial charge in [-0.2, -0.15) is 8.42 Å². The highest BCUT2D eigenvalue weighted by atomic mass is 32.3. The van der Waals surface area contributed by atoms with Crippen LogP contribution in [0.15, 0.2) is 0 Å². The van der Waals surface area contributed by atoms with Crippen LogP contribution in [-0.4, -0.2) is 78.7 Å². The third kappa shape index (κ3) is 35.5. The van der Waals surface area contributed by atoms with Crippen LogP contribution in [0.1, 0.15) is 84.0 Å². The van der Waals surface area contributed by atoms with Gasteiger partial charge in [0, 0.05) is 26.2 Å². The number of ether oxygens (including phenoxy) is 1. The highest BCUT2D eigenvalue weighted by Gasteiger charge is 2.02. The second-order valence-corrected chi connectivity index (χ2v) is 8.13. The summed E-state index contributed by atoms with van der Waals surface area (Å²) in [7, 11) is -4.67. The first kappa shape index (κ1) is 30.9. The molecule has 0 unspecified atom stereocenters. The van der Waals surface area contributed by atoms with E-state index in [1.54, 1.807) is 0 Å². The second-order valence-electron chi connectivity index (χ2n) is 7.24. The van der Waals surface area contributed by atoms with Crippen molar-refractivity contribution in [2.24, 2.45) is 0 Å². The zero-order valence-electron chi connectivity index (χ0n) is 18.3. The molecular formula is C20H45NO7S.